The first kappa shape index (κ1) is 18.4. The summed E-state index contributed by atoms with van der Waals surface area (Å²) in [6.45, 7) is 4.12. The Hall–Kier alpha value is -4.00. The third-order valence-electron chi connectivity index (χ3n) is 4.82. The van der Waals surface area contributed by atoms with Crippen molar-refractivity contribution in [1.29, 1.82) is 0 Å². The van der Waals surface area contributed by atoms with Gasteiger partial charge in [0.15, 0.2) is 0 Å². The zero-order valence-corrected chi connectivity index (χ0v) is 16.0. The van der Waals surface area contributed by atoms with Gasteiger partial charge in [0.05, 0.1) is 16.8 Å². The van der Waals surface area contributed by atoms with Crippen LogP contribution in [0.1, 0.15) is 17.0 Å². The van der Waals surface area contributed by atoms with Gasteiger partial charge in [0.1, 0.15) is 12.0 Å². The fourth-order valence-corrected chi connectivity index (χ4v) is 3.42. The molecule has 7 nitrogen and oxygen atoms in total. The van der Waals surface area contributed by atoms with Gasteiger partial charge in [-0.15, -0.1) is 0 Å². The van der Waals surface area contributed by atoms with E-state index < -0.39 is 4.92 Å². The largest absolute Gasteiger partial charge is 0.317 e. The number of pyridine rings is 1. The average Bonchev–Trinajstić information content (AvgIpc) is 3.01. The summed E-state index contributed by atoms with van der Waals surface area (Å²) in [6, 6.07) is 19.6. The SMILES string of the molecule is Cc1cc(C=NNc2ccc([N+](=O)[O-])cn2)c(C)n1-c1cccc2ccccc12. The van der Waals surface area contributed by atoms with E-state index in [9.17, 15) is 10.1 Å². The van der Waals surface area contributed by atoms with Gasteiger partial charge in [-0.25, -0.2) is 4.98 Å². The number of aryl methyl sites for hydroxylation is 1. The van der Waals surface area contributed by atoms with Crippen molar-refractivity contribution in [2.75, 3.05) is 5.43 Å². The molecule has 144 valence electrons. The Balaban J connectivity index is 1.62. The molecule has 4 aromatic rings. The molecular formula is C22H19N5O2. The van der Waals surface area contributed by atoms with E-state index in [0.29, 0.717) is 5.82 Å². The molecule has 4 rings (SSSR count). The maximum absolute atomic E-state index is 10.7. The van der Waals surface area contributed by atoms with Crippen molar-refractivity contribution in [3.8, 4) is 5.69 Å². The number of rotatable bonds is 5. The maximum Gasteiger partial charge on any atom is 0.287 e. The summed E-state index contributed by atoms with van der Waals surface area (Å²) in [4.78, 5) is 14.2. The first-order valence-electron chi connectivity index (χ1n) is 9.11. The van der Waals surface area contributed by atoms with Gasteiger partial charge in [0, 0.05) is 28.4 Å². The summed E-state index contributed by atoms with van der Waals surface area (Å²) >= 11 is 0. The fourth-order valence-electron chi connectivity index (χ4n) is 3.42. The zero-order chi connectivity index (χ0) is 20.4. The first-order chi connectivity index (χ1) is 14.0. The molecule has 0 bridgehead atoms. The second kappa shape index (κ2) is 7.55. The van der Waals surface area contributed by atoms with Crippen molar-refractivity contribution < 1.29 is 4.92 Å². The van der Waals surface area contributed by atoms with Crippen molar-refractivity contribution >= 4 is 28.5 Å². The molecule has 0 amide bonds. The molecule has 29 heavy (non-hydrogen) atoms. The summed E-state index contributed by atoms with van der Waals surface area (Å²) in [6.07, 6.45) is 2.93. The average molecular weight is 385 g/mol. The lowest BCUT2D eigenvalue weighted by Crippen LogP contribution is -2.01. The normalized spacial score (nSPS) is 11.2. The van der Waals surface area contributed by atoms with E-state index in [1.54, 1.807) is 6.21 Å². The zero-order valence-electron chi connectivity index (χ0n) is 16.0. The highest BCUT2D eigenvalue weighted by atomic mass is 16.6. The Labute approximate surface area is 167 Å². The van der Waals surface area contributed by atoms with Crippen LogP contribution in [0.2, 0.25) is 0 Å². The van der Waals surface area contributed by atoms with Crippen molar-refractivity contribution in [2.45, 2.75) is 13.8 Å². The van der Waals surface area contributed by atoms with Crippen molar-refractivity contribution in [3.05, 3.63) is 93.9 Å². The lowest BCUT2D eigenvalue weighted by atomic mass is 10.1. The van der Waals surface area contributed by atoms with E-state index in [4.69, 9.17) is 0 Å². The highest BCUT2D eigenvalue weighted by molar-refractivity contribution is 5.91. The molecule has 0 spiro atoms. The number of nitro groups is 1. The molecule has 0 unspecified atom stereocenters. The van der Waals surface area contributed by atoms with Crippen LogP contribution in [0, 0.1) is 24.0 Å². The van der Waals surface area contributed by atoms with Gasteiger partial charge in [-0.3, -0.25) is 15.5 Å². The molecule has 0 saturated carbocycles. The van der Waals surface area contributed by atoms with E-state index in [0.717, 1.165) is 22.6 Å². The Bertz CT molecular complexity index is 1220. The molecule has 0 aliphatic rings. The second-order valence-electron chi connectivity index (χ2n) is 6.69. The fraction of sp³-hybridized carbons (Fsp3) is 0.0909. The first-order valence-corrected chi connectivity index (χ1v) is 9.11. The van der Waals surface area contributed by atoms with Crippen LogP contribution in [-0.4, -0.2) is 20.7 Å². The van der Waals surface area contributed by atoms with Crippen LogP contribution in [0.5, 0.6) is 0 Å². The minimum Gasteiger partial charge on any atom is -0.317 e. The smallest absolute Gasteiger partial charge is 0.287 e. The number of hydrogen-bond donors (Lipinski definition) is 1. The molecule has 0 aliphatic heterocycles. The van der Waals surface area contributed by atoms with E-state index in [-0.39, 0.29) is 5.69 Å². The summed E-state index contributed by atoms with van der Waals surface area (Å²) < 4.78 is 2.22. The van der Waals surface area contributed by atoms with E-state index in [1.807, 2.05) is 12.1 Å². The Morgan fingerprint density at radius 2 is 1.90 bits per heavy atom. The van der Waals surface area contributed by atoms with Crippen molar-refractivity contribution in [1.82, 2.24) is 9.55 Å². The standard InChI is InChI=1S/C22H19N5O2/c1-15-12-18(13-24-25-22-11-10-19(14-23-22)27(28)29)16(2)26(15)21-9-5-7-17-6-3-4-8-20(17)21/h3-14H,1-2H3,(H,23,25). The third kappa shape index (κ3) is 3.58. The lowest BCUT2D eigenvalue weighted by molar-refractivity contribution is -0.385. The molecule has 0 aliphatic carbocycles. The Morgan fingerprint density at radius 3 is 2.66 bits per heavy atom. The number of hydrazone groups is 1. The third-order valence-corrected chi connectivity index (χ3v) is 4.82. The molecule has 0 radical (unpaired) electrons. The van der Waals surface area contributed by atoms with Crippen LogP contribution in [0.25, 0.3) is 16.5 Å². The Morgan fingerprint density at radius 1 is 1.10 bits per heavy atom. The number of anilines is 1. The molecule has 2 heterocycles. The van der Waals surface area contributed by atoms with Gasteiger partial charge in [-0.1, -0.05) is 36.4 Å². The minimum absolute atomic E-state index is 0.0573. The van der Waals surface area contributed by atoms with Crippen molar-refractivity contribution in [2.24, 2.45) is 5.10 Å². The summed E-state index contributed by atoms with van der Waals surface area (Å²) in [5, 5.41) is 17.3. The number of hydrogen-bond acceptors (Lipinski definition) is 5. The van der Waals surface area contributed by atoms with Gasteiger partial charge in [0.2, 0.25) is 0 Å². The van der Waals surface area contributed by atoms with Crippen molar-refractivity contribution in [3.63, 3.8) is 0 Å². The van der Waals surface area contributed by atoms with Crippen LogP contribution >= 0.6 is 0 Å². The quantitative estimate of drug-likeness (QED) is 0.298. The van der Waals surface area contributed by atoms with Gasteiger partial charge in [-0.2, -0.15) is 5.10 Å². The summed E-state index contributed by atoms with van der Waals surface area (Å²) in [5.41, 5.74) is 7.03. The van der Waals surface area contributed by atoms with Crippen LogP contribution in [0.4, 0.5) is 11.5 Å². The van der Waals surface area contributed by atoms with Gasteiger partial charge < -0.3 is 4.57 Å². The second-order valence-corrected chi connectivity index (χ2v) is 6.69. The predicted octanol–water partition coefficient (Wildman–Crippen LogP) is 5.00. The molecule has 2 aromatic heterocycles. The lowest BCUT2D eigenvalue weighted by Gasteiger charge is -2.12. The number of benzene rings is 2. The molecule has 2 aromatic carbocycles. The number of aromatic nitrogens is 2. The number of fused-ring (bicyclic) bond motifs is 1. The highest BCUT2D eigenvalue weighted by Crippen LogP contribution is 2.26. The monoisotopic (exact) mass is 385 g/mol. The number of nitrogens with one attached hydrogen (secondary N) is 1. The molecule has 0 saturated heterocycles. The van der Waals surface area contributed by atoms with Crippen LogP contribution in [0.3, 0.4) is 0 Å². The summed E-state index contributed by atoms with van der Waals surface area (Å²) in [5.74, 6) is 0.440. The van der Waals surface area contributed by atoms with Gasteiger partial charge >= 0.3 is 0 Å². The molecule has 7 heteroatoms. The van der Waals surface area contributed by atoms with E-state index in [1.165, 1.54) is 29.1 Å². The van der Waals surface area contributed by atoms with Crippen LogP contribution in [0.15, 0.2) is 72.0 Å². The summed E-state index contributed by atoms with van der Waals surface area (Å²) in [7, 11) is 0. The molecule has 0 fully saturated rings. The van der Waals surface area contributed by atoms with E-state index in [2.05, 4.69) is 70.3 Å². The molecular weight excluding hydrogens is 366 g/mol. The predicted molar refractivity (Wildman–Crippen MR) is 115 cm³/mol. The topological polar surface area (TPSA) is 85.3 Å². The van der Waals surface area contributed by atoms with Gasteiger partial charge in [0.25, 0.3) is 5.69 Å². The molecule has 1 N–H and O–H groups in total. The van der Waals surface area contributed by atoms with Gasteiger partial charge in [-0.05, 0) is 37.4 Å². The molecule has 0 atom stereocenters. The van der Waals surface area contributed by atoms with E-state index >= 15 is 0 Å². The Kier molecular flexibility index (Phi) is 4.78. The van der Waals surface area contributed by atoms with Crippen LogP contribution in [-0.2, 0) is 0 Å². The minimum atomic E-state index is -0.484. The number of nitrogens with zero attached hydrogens (tertiary/aromatic N) is 4. The maximum atomic E-state index is 10.7. The highest BCUT2D eigenvalue weighted by Gasteiger charge is 2.12. The van der Waals surface area contributed by atoms with Crippen LogP contribution < -0.4 is 5.43 Å².